The molecule has 5 rings (SSSR count). The lowest BCUT2D eigenvalue weighted by molar-refractivity contribution is 0.0925. The van der Waals surface area contributed by atoms with E-state index in [1.165, 1.54) is 11.3 Å². The Morgan fingerprint density at radius 3 is 2.37 bits per heavy atom. The van der Waals surface area contributed by atoms with Crippen LogP contribution in [0.25, 0.3) is 10.2 Å². The Kier molecular flexibility index (Phi) is 4.45. The first kappa shape index (κ1) is 18.7. The molecule has 1 aliphatic rings. The minimum atomic E-state index is -0.387. The number of thiazole rings is 1. The molecule has 6 nitrogen and oxygen atoms in total. The maximum atomic E-state index is 12.7. The Morgan fingerprint density at radius 2 is 1.67 bits per heavy atom. The number of hydrogen-bond acceptors (Lipinski definition) is 5. The first-order valence-corrected chi connectivity index (χ1v) is 10.6. The number of aromatic nitrogens is 1. The maximum absolute atomic E-state index is 12.7. The number of rotatable bonds is 3. The summed E-state index contributed by atoms with van der Waals surface area (Å²) in [6, 6.07) is 19.1. The number of carbonyl (C=O) groups excluding carboxylic acids is 3. The lowest BCUT2D eigenvalue weighted by Gasteiger charge is -2.08. The molecule has 4 aromatic rings. The fourth-order valence-electron chi connectivity index (χ4n) is 3.28. The molecule has 0 saturated carbocycles. The van der Waals surface area contributed by atoms with E-state index >= 15 is 0 Å². The SMILES string of the molecule is O=C(Nc1cccc(Br)c1)c1ccc2nc(N3C(=O)c4ccccc4C3=O)sc2c1. The lowest BCUT2D eigenvalue weighted by atomic mass is 10.1. The summed E-state index contributed by atoms with van der Waals surface area (Å²) in [5, 5.41) is 3.14. The molecule has 3 amide bonds. The van der Waals surface area contributed by atoms with Crippen molar-refractivity contribution in [2.24, 2.45) is 0 Å². The van der Waals surface area contributed by atoms with Gasteiger partial charge in [0.25, 0.3) is 17.7 Å². The molecular weight excluding hydrogens is 466 g/mol. The summed E-state index contributed by atoms with van der Waals surface area (Å²) in [6.45, 7) is 0. The highest BCUT2D eigenvalue weighted by Gasteiger charge is 2.38. The van der Waals surface area contributed by atoms with Gasteiger partial charge < -0.3 is 5.32 Å². The normalized spacial score (nSPS) is 13.0. The van der Waals surface area contributed by atoms with Gasteiger partial charge in [0, 0.05) is 15.7 Å². The highest BCUT2D eigenvalue weighted by molar-refractivity contribution is 9.10. The van der Waals surface area contributed by atoms with Crippen molar-refractivity contribution in [3.63, 3.8) is 0 Å². The largest absolute Gasteiger partial charge is 0.322 e. The zero-order valence-electron chi connectivity index (χ0n) is 15.3. The predicted octanol–water partition coefficient (Wildman–Crippen LogP) is 5.11. The van der Waals surface area contributed by atoms with Gasteiger partial charge in [-0.1, -0.05) is 45.5 Å². The molecule has 0 saturated heterocycles. The van der Waals surface area contributed by atoms with E-state index in [4.69, 9.17) is 0 Å². The monoisotopic (exact) mass is 477 g/mol. The molecule has 1 aromatic heterocycles. The van der Waals surface area contributed by atoms with E-state index in [1.54, 1.807) is 48.5 Å². The van der Waals surface area contributed by atoms with Crippen molar-refractivity contribution in [1.29, 1.82) is 0 Å². The van der Waals surface area contributed by atoms with Crippen LogP contribution in [0.4, 0.5) is 10.8 Å². The number of halogens is 1. The van der Waals surface area contributed by atoms with Crippen molar-refractivity contribution in [3.05, 3.63) is 87.9 Å². The predicted molar refractivity (Wildman–Crippen MR) is 119 cm³/mol. The van der Waals surface area contributed by atoms with Crippen LogP contribution in [0, 0.1) is 0 Å². The van der Waals surface area contributed by atoms with Crippen molar-refractivity contribution in [1.82, 2.24) is 4.98 Å². The number of anilines is 2. The fourth-order valence-corrected chi connectivity index (χ4v) is 4.68. The van der Waals surface area contributed by atoms with Gasteiger partial charge in [0.05, 0.1) is 21.3 Å². The van der Waals surface area contributed by atoms with Gasteiger partial charge in [-0.15, -0.1) is 0 Å². The molecule has 0 unspecified atom stereocenters. The van der Waals surface area contributed by atoms with E-state index in [1.807, 2.05) is 18.2 Å². The smallest absolute Gasteiger partial charge is 0.268 e. The second kappa shape index (κ2) is 7.16. The molecule has 0 radical (unpaired) electrons. The summed E-state index contributed by atoms with van der Waals surface area (Å²) in [4.78, 5) is 43.5. The Bertz CT molecular complexity index is 1330. The average molecular weight is 478 g/mol. The van der Waals surface area contributed by atoms with E-state index in [2.05, 4.69) is 26.2 Å². The third-order valence-electron chi connectivity index (χ3n) is 4.71. The summed E-state index contributed by atoms with van der Waals surface area (Å²) in [7, 11) is 0. The zero-order chi connectivity index (χ0) is 20.8. The standard InChI is InChI=1S/C22H12BrN3O3S/c23-13-4-3-5-14(11-13)24-19(27)12-8-9-17-18(10-12)30-22(25-17)26-20(28)15-6-1-2-7-16(15)21(26)29/h1-11H,(H,24,27). The van der Waals surface area contributed by atoms with Crippen LogP contribution in [0.1, 0.15) is 31.1 Å². The highest BCUT2D eigenvalue weighted by atomic mass is 79.9. The van der Waals surface area contributed by atoms with Crippen molar-refractivity contribution in [2.45, 2.75) is 0 Å². The Labute approximate surface area is 183 Å². The van der Waals surface area contributed by atoms with Crippen molar-refractivity contribution in [2.75, 3.05) is 10.2 Å². The second-order valence-corrected chi connectivity index (χ2v) is 8.56. The highest BCUT2D eigenvalue weighted by Crippen LogP contribution is 2.34. The number of benzene rings is 3. The van der Waals surface area contributed by atoms with E-state index in [-0.39, 0.29) is 17.7 Å². The first-order valence-electron chi connectivity index (χ1n) is 8.96. The molecule has 1 N–H and O–H groups in total. The van der Waals surface area contributed by atoms with Crippen molar-refractivity contribution < 1.29 is 14.4 Å². The van der Waals surface area contributed by atoms with E-state index in [9.17, 15) is 14.4 Å². The van der Waals surface area contributed by atoms with Crippen LogP contribution in [-0.2, 0) is 0 Å². The van der Waals surface area contributed by atoms with Crippen LogP contribution in [-0.4, -0.2) is 22.7 Å². The minimum absolute atomic E-state index is 0.259. The van der Waals surface area contributed by atoms with Gasteiger partial charge in [0.1, 0.15) is 0 Å². The number of fused-ring (bicyclic) bond motifs is 2. The Balaban J connectivity index is 1.46. The lowest BCUT2D eigenvalue weighted by Crippen LogP contribution is -2.29. The molecule has 1 aliphatic heterocycles. The van der Waals surface area contributed by atoms with Gasteiger partial charge in [0.15, 0.2) is 0 Å². The van der Waals surface area contributed by atoms with Crippen LogP contribution in [0.2, 0.25) is 0 Å². The number of nitrogens with one attached hydrogen (secondary N) is 1. The molecular formula is C22H12BrN3O3S. The number of imide groups is 1. The molecule has 0 atom stereocenters. The van der Waals surface area contributed by atoms with Crippen LogP contribution in [0.5, 0.6) is 0 Å². The maximum Gasteiger partial charge on any atom is 0.268 e. The van der Waals surface area contributed by atoms with E-state index < -0.39 is 0 Å². The number of hydrogen-bond donors (Lipinski definition) is 1. The zero-order valence-corrected chi connectivity index (χ0v) is 17.7. The summed E-state index contributed by atoms with van der Waals surface area (Å²) >= 11 is 4.58. The number of carbonyl (C=O) groups is 3. The molecule has 30 heavy (non-hydrogen) atoms. The van der Waals surface area contributed by atoms with Crippen LogP contribution < -0.4 is 10.2 Å². The van der Waals surface area contributed by atoms with Gasteiger partial charge in [-0.25, -0.2) is 9.88 Å². The quantitative estimate of drug-likeness (QED) is 0.415. The van der Waals surface area contributed by atoms with Gasteiger partial charge in [-0.2, -0.15) is 0 Å². The Hall–Kier alpha value is -3.36. The molecule has 0 fully saturated rings. The summed E-state index contributed by atoms with van der Waals surface area (Å²) in [5.41, 5.74) is 2.49. The summed E-state index contributed by atoms with van der Waals surface area (Å²) in [6.07, 6.45) is 0. The first-order chi connectivity index (χ1) is 14.5. The van der Waals surface area contributed by atoms with Gasteiger partial charge in [-0.3, -0.25) is 14.4 Å². The van der Waals surface area contributed by atoms with Crippen LogP contribution in [0.3, 0.4) is 0 Å². The molecule has 0 bridgehead atoms. The van der Waals surface area contributed by atoms with Gasteiger partial charge in [-0.05, 0) is 48.5 Å². The van der Waals surface area contributed by atoms with Crippen LogP contribution >= 0.6 is 27.3 Å². The van der Waals surface area contributed by atoms with E-state index in [0.29, 0.717) is 37.7 Å². The minimum Gasteiger partial charge on any atom is -0.322 e. The van der Waals surface area contributed by atoms with Gasteiger partial charge in [0.2, 0.25) is 5.13 Å². The second-order valence-electron chi connectivity index (χ2n) is 6.63. The average Bonchev–Trinajstić information content (AvgIpc) is 3.26. The third-order valence-corrected chi connectivity index (χ3v) is 6.20. The summed E-state index contributed by atoms with van der Waals surface area (Å²) in [5.74, 6) is -1.03. The molecule has 8 heteroatoms. The molecule has 0 spiro atoms. The molecule has 0 aliphatic carbocycles. The number of nitrogens with zero attached hydrogens (tertiary/aromatic N) is 2. The van der Waals surface area contributed by atoms with Crippen molar-refractivity contribution in [3.8, 4) is 0 Å². The van der Waals surface area contributed by atoms with Crippen molar-refractivity contribution >= 4 is 66.0 Å². The van der Waals surface area contributed by atoms with E-state index in [0.717, 1.165) is 9.37 Å². The Morgan fingerprint density at radius 1 is 0.933 bits per heavy atom. The molecule has 2 heterocycles. The molecule has 146 valence electrons. The topological polar surface area (TPSA) is 79.4 Å². The number of amides is 3. The fraction of sp³-hybridized carbons (Fsp3) is 0. The van der Waals surface area contributed by atoms with Gasteiger partial charge >= 0.3 is 0 Å². The summed E-state index contributed by atoms with van der Waals surface area (Å²) < 4.78 is 1.58. The molecule has 3 aromatic carbocycles. The van der Waals surface area contributed by atoms with Crippen LogP contribution in [0.15, 0.2) is 71.2 Å². The third kappa shape index (κ3) is 3.10.